The van der Waals surface area contributed by atoms with E-state index in [4.69, 9.17) is 4.74 Å². The van der Waals surface area contributed by atoms with Crippen molar-refractivity contribution in [1.82, 2.24) is 10.2 Å². The smallest absolute Gasteiger partial charge is 0.122 e. The zero-order chi connectivity index (χ0) is 13.9. The van der Waals surface area contributed by atoms with Gasteiger partial charge in [-0.05, 0) is 62.9 Å². The fourth-order valence-electron chi connectivity index (χ4n) is 3.58. The molecule has 1 aromatic carbocycles. The second-order valence-corrected chi connectivity index (χ2v) is 6.28. The van der Waals surface area contributed by atoms with Gasteiger partial charge in [0, 0.05) is 19.1 Å². The second kappa shape index (κ2) is 6.15. The molecule has 2 unspecified atom stereocenters. The first-order chi connectivity index (χ1) is 9.74. The van der Waals surface area contributed by atoms with Gasteiger partial charge in [-0.15, -0.1) is 0 Å². The minimum atomic E-state index is 0.742. The SMILES string of the molecule is Cc1ccc(C)c(OCCN2CCCC3CNCC32)c1. The lowest BCUT2D eigenvalue weighted by atomic mass is 9.92. The number of nitrogens with zero attached hydrogens (tertiary/aromatic N) is 1. The Balaban J connectivity index is 1.53. The number of benzene rings is 1. The van der Waals surface area contributed by atoms with Gasteiger partial charge in [0.15, 0.2) is 0 Å². The van der Waals surface area contributed by atoms with Crippen molar-refractivity contribution in [2.75, 3.05) is 32.8 Å². The van der Waals surface area contributed by atoms with E-state index >= 15 is 0 Å². The van der Waals surface area contributed by atoms with Gasteiger partial charge in [-0.25, -0.2) is 0 Å². The zero-order valence-electron chi connectivity index (χ0n) is 12.7. The van der Waals surface area contributed by atoms with E-state index in [1.807, 2.05) is 0 Å². The molecule has 1 N–H and O–H groups in total. The summed E-state index contributed by atoms with van der Waals surface area (Å²) in [5, 5.41) is 3.54. The topological polar surface area (TPSA) is 24.5 Å². The lowest BCUT2D eigenvalue weighted by Crippen LogP contribution is -2.46. The van der Waals surface area contributed by atoms with Crippen LogP contribution in [-0.2, 0) is 0 Å². The monoisotopic (exact) mass is 274 g/mol. The number of nitrogens with one attached hydrogen (secondary N) is 1. The molecule has 20 heavy (non-hydrogen) atoms. The van der Waals surface area contributed by atoms with Crippen LogP contribution in [0.15, 0.2) is 18.2 Å². The van der Waals surface area contributed by atoms with Gasteiger partial charge in [0.05, 0.1) is 0 Å². The Morgan fingerprint density at radius 3 is 3.10 bits per heavy atom. The third-order valence-corrected chi connectivity index (χ3v) is 4.77. The summed E-state index contributed by atoms with van der Waals surface area (Å²) in [6.07, 6.45) is 2.73. The molecule has 3 rings (SSSR count). The molecule has 0 saturated carbocycles. The highest BCUT2D eigenvalue weighted by molar-refractivity contribution is 5.35. The van der Waals surface area contributed by atoms with E-state index < -0.39 is 0 Å². The van der Waals surface area contributed by atoms with E-state index in [0.717, 1.165) is 37.4 Å². The Kier molecular flexibility index (Phi) is 4.27. The van der Waals surface area contributed by atoms with Crippen molar-refractivity contribution in [2.45, 2.75) is 32.7 Å². The molecule has 0 bridgehead atoms. The molecule has 0 aliphatic carbocycles. The van der Waals surface area contributed by atoms with Gasteiger partial charge in [0.1, 0.15) is 12.4 Å². The van der Waals surface area contributed by atoms with Gasteiger partial charge in [0.25, 0.3) is 0 Å². The van der Waals surface area contributed by atoms with Crippen molar-refractivity contribution < 1.29 is 4.74 Å². The number of hydrogen-bond acceptors (Lipinski definition) is 3. The molecule has 2 fully saturated rings. The summed E-state index contributed by atoms with van der Waals surface area (Å²) in [7, 11) is 0. The Bertz CT molecular complexity index is 460. The van der Waals surface area contributed by atoms with Gasteiger partial charge >= 0.3 is 0 Å². The first kappa shape index (κ1) is 13.9. The number of aryl methyl sites for hydroxylation is 2. The van der Waals surface area contributed by atoms with Crippen molar-refractivity contribution in [1.29, 1.82) is 0 Å². The van der Waals surface area contributed by atoms with E-state index in [1.54, 1.807) is 0 Å². The normalized spacial score (nSPS) is 26.5. The maximum absolute atomic E-state index is 6.01. The van der Waals surface area contributed by atoms with Crippen LogP contribution in [-0.4, -0.2) is 43.7 Å². The molecule has 2 aliphatic heterocycles. The molecule has 0 amide bonds. The number of fused-ring (bicyclic) bond motifs is 1. The first-order valence-electron chi connectivity index (χ1n) is 7.89. The highest BCUT2D eigenvalue weighted by Gasteiger charge is 2.34. The lowest BCUT2D eigenvalue weighted by molar-refractivity contribution is 0.105. The van der Waals surface area contributed by atoms with Crippen LogP contribution < -0.4 is 10.1 Å². The number of hydrogen-bond donors (Lipinski definition) is 1. The summed E-state index contributed by atoms with van der Waals surface area (Å²) < 4.78 is 6.01. The molecular weight excluding hydrogens is 248 g/mol. The van der Waals surface area contributed by atoms with Crippen molar-refractivity contribution in [3.05, 3.63) is 29.3 Å². The van der Waals surface area contributed by atoms with Crippen LogP contribution in [0.25, 0.3) is 0 Å². The largest absolute Gasteiger partial charge is 0.492 e. The van der Waals surface area contributed by atoms with Crippen molar-refractivity contribution in [3.8, 4) is 5.75 Å². The van der Waals surface area contributed by atoms with Crippen molar-refractivity contribution in [3.63, 3.8) is 0 Å². The van der Waals surface area contributed by atoms with Crippen LogP contribution >= 0.6 is 0 Å². The van der Waals surface area contributed by atoms with Crippen LogP contribution in [0.5, 0.6) is 5.75 Å². The van der Waals surface area contributed by atoms with E-state index in [0.29, 0.717) is 0 Å². The number of likely N-dealkylation sites (tertiary alicyclic amines) is 1. The van der Waals surface area contributed by atoms with E-state index in [2.05, 4.69) is 42.3 Å². The third kappa shape index (κ3) is 2.99. The first-order valence-corrected chi connectivity index (χ1v) is 7.89. The van der Waals surface area contributed by atoms with E-state index in [9.17, 15) is 0 Å². The van der Waals surface area contributed by atoms with Gasteiger partial charge in [-0.2, -0.15) is 0 Å². The fraction of sp³-hybridized carbons (Fsp3) is 0.647. The molecule has 110 valence electrons. The van der Waals surface area contributed by atoms with Gasteiger partial charge in [-0.3, -0.25) is 4.90 Å². The maximum atomic E-state index is 6.01. The number of ether oxygens (including phenoxy) is 1. The summed E-state index contributed by atoms with van der Waals surface area (Å²) in [4.78, 5) is 2.62. The van der Waals surface area contributed by atoms with Gasteiger partial charge in [-0.1, -0.05) is 12.1 Å². The predicted molar refractivity (Wildman–Crippen MR) is 82.4 cm³/mol. The second-order valence-electron chi connectivity index (χ2n) is 6.28. The minimum absolute atomic E-state index is 0.742. The quantitative estimate of drug-likeness (QED) is 0.912. The molecule has 3 heteroatoms. The summed E-state index contributed by atoms with van der Waals surface area (Å²) >= 11 is 0. The van der Waals surface area contributed by atoms with Crippen molar-refractivity contribution in [2.24, 2.45) is 5.92 Å². The Hall–Kier alpha value is -1.06. The minimum Gasteiger partial charge on any atom is -0.492 e. The van der Waals surface area contributed by atoms with Gasteiger partial charge < -0.3 is 10.1 Å². The Morgan fingerprint density at radius 2 is 2.20 bits per heavy atom. The average Bonchev–Trinajstić information content (AvgIpc) is 2.92. The molecule has 1 aromatic rings. The summed E-state index contributed by atoms with van der Waals surface area (Å²) in [6, 6.07) is 7.17. The maximum Gasteiger partial charge on any atom is 0.122 e. The fourth-order valence-corrected chi connectivity index (χ4v) is 3.58. The number of rotatable bonds is 4. The van der Waals surface area contributed by atoms with Gasteiger partial charge in [0.2, 0.25) is 0 Å². The highest BCUT2D eigenvalue weighted by Crippen LogP contribution is 2.26. The third-order valence-electron chi connectivity index (χ3n) is 4.77. The average molecular weight is 274 g/mol. The standard InChI is InChI=1S/C17H26N2O/c1-13-5-6-14(2)17(10-13)20-9-8-19-7-3-4-15-11-18-12-16(15)19/h5-6,10,15-16,18H,3-4,7-9,11-12H2,1-2H3. The molecule has 0 radical (unpaired) electrons. The molecular formula is C17H26N2O. The van der Waals surface area contributed by atoms with Crippen molar-refractivity contribution >= 4 is 0 Å². The number of piperidine rings is 1. The van der Waals surface area contributed by atoms with E-state index in [-0.39, 0.29) is 0 Å². The van der Waals surface area contributed by atoms with Crippen LogP contribution in [0.2, 0.25) is 0 Å². The summed E-state index contributed by atoms with van der Waals surface area (Å²) in [5.74, 6) is 1.91. The molecule has 2 aliphatic rings. The molecule has 0 aromatic heterocycles. The molecule has 2 atom stereocenters. The predicted octanol–water partition coefficient (Wildman–Crippen LogP) is 2.37. The molecule has 2 saturated heterocycles. The van der Waals surface area contributed by atoms with Crippen LogP contribution in [0.3, 0.4) is 0 Å². The summed E-state index contributed by atoms with van der Waals surface area (Å²) in [5.41, 5.74) is 2.50. The molecule has 2 heterocycles. The molecule has 0 spiro atoms. The lowest BCUT2D eigenvalue weighted by Gasteiger charge is -2.36. The zero-order valence-corrected chi connectivity index (χ0v) is 12.7. The Morgan fingerprint density at radius 1 is 1.30 bits per heavy atom. The highest BCUT2D eigenvalue weighted by atomic mass is 16.5. The van der Waals surface area contributed by atoms with Crippen LogP contribution in [0.1, 0.15) is 24.0 Å². The van der Waals surface area contributed by atoms with E-state index in [1.165, 1.54) is 37.1 Å². The Labute approximate surface area is 122 Å². The molecule has 3 nitrogen and oxygen atoms in total. The van der Waals surface area contributed by atoms with Crippen LogP contribution in [0.4, 0.5) is 0 Å². The van der Waals surface area contributed by atoms with Crippen LogP contribution in [0, 0.1) is 19.8 Å². The summed E-state index contributed by atoms with van der Waals surface area (Å²) in [6.45, 7) is 9.69.